The van der Waals surface area contributed by atoms with Gasteiger partial charge in [-0.2, -0.15) is 13.2 Å². The van der Waals surface area contributed by atoms with Gasteiger partial charge in [-0.05, 0) is 54.2 Å². The van der Waals surface area contributed by atoms with Crippen LogP contribution in [-0.2, 0) is 25.7 Å². The number of esters is 1. The molecule has 1 aliphatic rings. The van der Waals surface area contributed by atoms with E-state index in [2.05, 4.69) is 20.9 Å². The molecule has 3 aromatic rings. The summed E-state index contributed by atoms with van der Waals surface area (Å²) in [7, 11) is 0. The van der Waals surface area contributed by atoms with E-state index < -0.39 is 36.2 Å². The standard InChI is InChI=1S/C36H45F3N4O4/c1-26(2)23-32(42-34(36(37,38)39)28-11-7-4-8-12-28)35(45)41-30(15-18-33(44)47-25-27-9-5-3-6-10-27)24-40-29-13-16-31(17-14-29)43-19-21-46-22-20-43/h3-14,16-17,26,30,32,34,40,42H,15,18-25H2,1-2H3,(H,41,45)/t30-,32-,34-/m0/s1. The Morgan fingerprint density at radius 2 is 1.55 bits per heavy atom. The Hall–Kier alpha value is -4.09. The zero-order valence-electron chi connectivity index (χ0n) is 27.0. The van der Waals surface area contributed by atoms with Crippen LogP contribution in [-0.4, -0.2) is 63.0 Å². The summed E-state index contributed by atoms with van der Waals surface area (Å²) in [6.07, 6.45) is -4.18. The number of carbonyl (C=O) groups excluding carboxylic acids is 2. The lowest BCUT2D eigenvalue weighted by Gasteiger charge is -2.30. The fourth-order valence-corrected chi connectivity index (χ4v) is 5.43. The van der Waals surface area contributed by atoms with Crippen molar-refractivity contribution in [1.82, 2.24) is 10.6 Å². The summed E-state index contributed by atoms with van der Waals surface area (Å²) in [5.74, 6) is -1.05. The SMILES string of the molecule is CC(C)C[C@H](N[C@@H](c1ccccc1)C(F)(F)F)C(=O)N[C@@H](CCC(=O)OCc1ccccc1)CNc1ccc(N2CCOCC2)cc1. The van der Waals surface area contributed by atoms with Crippen molar-refractivity contribution in [2.45, 2.75) is 64.0 Å². The Kier molecular flexibility index (Phi) is 13.5. The van der Waals surface area contributed by atoms with E-state index in [1.807, 2.05) is 68.4 Å². The van der Waals surface area contributed by atoms with Crippen LogP contribution >= 0.6 is 0 Å². The van der Waals surface area contributed by atoms with Crippen molar-refractivity contribution < 1.29 is 32.2 Å². The normalized spacial score (nSPS) is 15.5. The average Bonchev–Trinajstić information content (AvgIpc) is 3.07. The molecule has 0 aliphatic carbocycles. The van der Waals surface area contributed by atoms with Gasteiger partial charge in [0.25, 0.3) is 0 Å². The van der Waals surface area contributed by atoms with Gasteiger partial charge in [0.15, 0.2) is 0 Å². The molecule has 1 heterocycles. The number of ether oxygens (including phenoxy) is 2. The van der Waals surface area contributed by atoms with Crippen LogP contribution in [0.3, 0.4) is 0 Å². The molecule has 0 radical (unpaired) electrons. The topological polar surface area (TPSA) is 91.9 Å². The lowest BCUT2D eigenvalue weighted by Crippen LogP contribution is -2.52. The molecule has 0 saturated carbocycles. The molecule has 1 amide bonds. The fourth-order valence-electron chi connectivity index (χ4n) is 5.43. The molecule has 47 heavy (non-hydrogen) atoms. The second-order valence-corrected chi connectivity index (χ2v) is 12.2. The molecule has 1 fully saturated rings. The molecule has 0 aromatic heterocycles. The number of morpholine rings is 1. The molecule has 254 valence electrons. The maximum Gasteiger partial charge on any atom is 0.407 e. The molecule has 0 unspecified atom stereocenters. The van der Waals surface area contributed by atoms with Crippen molar-refractivity contribution in [3.8, 4) is 0 Å². The number of hydrogen-bond donors (Lipinski definition) is 3. The first-order valence-electron chi connectivity index (χ1n) is 16.1. The molecular formula is C36H45F3N4O4. The number of hydrogen-bond acceptors (Lipinski definition) is 7. The van der Waals surface area contributed by atoms with E-state index in [1.165, 1.54) is 12.1 Å². The minimum absolute atomic E-state index is 0.0207. The lowest BCUT2D eigenvalue weighted by molar-refractivity contribution is -0.161. The number of nitrogens with one attached hydrogen (secondary N) is 3. The van der Waals surface area contributed by atoms with Crippen molar-refractivity contribution in [3.05, 3.63) is 96.1 Å². The predicted octanol–water partition coefficient (Wildman–Crippen LogP) is 6.25. The van der Waals surface area contributed by atoms with Crippen molar-refractivity contribution in [3.63, 3.8) is 0 Å². The van der Waals surface area contributed by atoms with Crippen LogP contribution in [0.2, 0.25) is 0 Å². The summed E-state index contributed by atoms with van der Waals surface area (Å²) in [6.45, 7) is 7.07. The zero-order valence-corrected chi connectivity index (χ0v) is 27.0. The number of halogens is 3. The molecule has 8 nitrogen and oxygen atoms in total. The lowest BCUT2D eigenvalue weighted by atomic mass is 9.99. The van der Waals surface area contributed by atoms with E-state index in [9.17, 15) is 22.8 Å². The molecule has 0 bridgehead atoms. The van der Waals surface area contributed by atoms with Gasteiger partial charge in [0.1, 0.15) is 12.6 Å². The van der Waals surface area contributed by atoms with Gasteiger partial charge in [-0.15, -0.1) is 0 Å². The monoisotopic (exact) mass is 654 g/mol. The van der Waals surface area contributed by atoms with Gasteiger partial charge in [0.05, 0.1) is 19.3 Å². The Labute approximate surface area is 275 Å². The van der Waals surface area contributed by atoms with Crippen LogP contribution in [0.5, 0.6) is 0 Å². The van der Waals surface area contributed by atoms with Crippen molar-refractivity contribution >= 4 is 23.3 Å². The van der Waals surface area contributed by atoms with E-state index >= 15 is 0 Å². The summed E-state index contributed by atoms with van der Waals surface area (Å²) >= 11 is 0. The van der Waals surface area contributed by atoms with E-state index in [1.54, 1.807) is 18.2 Å². The summed E-state index contributed by atoms with van der Waals surface area (Å²) < 4.78 is 53.5. The number of amides is 1. The third-order valence-electron chi connectivity index (χ3n) is 7.93. The molecule has 1 aliphatic heterocycles. The maximum absolute atomic E-state index is 14.2. The summed E-state index contributed by atoms with van der Waals surface area (Å²) in [4.78, 5) is 28.6. The second-order valence-electron chi connectivity index (χ2n) is 12.2. The Balaban J connectivity index is 1.44. The molecule has 3 aromatic carbocycles. The fraction of sp³-hybridized carbons (Fsp3) is 0.444. The Bertz CT molecular complexity index is 1370. The van der Waals surface area contributed by atoms with Gasteiger partial charge in [-0.1, -0.05) is 74.5 Å². The molecule has 3 N–H and O–H groups in total. The third kappa shape index (κ3) is 11.9. The summed E-state index contributed by atoms with van der Waals surface area (Å²) in [6, 6.07) is 21.0. The molecule has 11 heteroatoms. The second kappa shape index (κ2) is 17.7. The highest BCUT2D eigenvalue weighted by Gasteiger charge is 2.43. The van der Waals surface area contributed by atoms with Crippen molar-refractivity contribution in [2.75, 3.05) is 43.1 Å². The number of rotatable bonds is 16. The van der Waals surface area contributed by atoms with Crippen molar-refractivity contribution in [1.29, 1.82) is 0 Å². The van der Waals surface area contributed by atoms with E-state index in [4.69, 9.17) is 9.47 Å². The first-order chi connectivity index (χ1) is 22.6. The van der Waals surface area contributed by atoms with Gasteiger partial charge >= 0.3 is 12.1 Å². The molecule has 0 spiro atoms. The smallest absolute Gasteiger partial charge is 0.407 e. The van der Waals surface area contributed by atoms with E-state index in [-0.39, 0.29) is 43.9 Å². The van der Waals surface area contributed by atoms with Gasteiger partial charge in [-0.25, -0.2) is 0 Å². The number of benzene rings is 3. The van der Waals surface area contributed by atoms with Crippen LogP contribution in [0.15, 0.2) is 84.9 Å². The summed E-state index contributed by atoms with van der Waals surface area (Å²) in [5.41, 5.74) is 2.77. The highest BCUT2D eigenvalue weighted by Crippen LogP contribution is 2.33. The highest BCUT2D eigenvalue weighted by atomic mass is 19.4. The van der Waals surface area contributed by atoms with Crippen LogP contribution in [0.1, 0.15) is 50.3 Å². The number of nitrogens with zero attached hydrogens (tertiary/aromatic N) is 1. The number of anilines is 2. The van der Waals surface area contributed by atoms with Gasteiger partial charge in [0, 0.05) is 43.5 Å². The van der Waals surface area contributed by atoms with Gasteiger partial charge < -0.3 is 25.0 Å². The van der Waals surface area contributed by atoms with E-state index in [0.29, 0.717) is 13.2 Å². The van der Waals surface area contributed by atoms with Gasteiger partial charge in [0.2, 0.25) is 5.91 Å². The number of carbonyl (C=O) groups is 2. The highest BCUT2D eigenvalue weighted by molar-refractivity contribution is 5.82. The zero-order chi connectivity index (χ0) is 33.6. The molecule has 4 rings (SSSR count). The Morgan fingerprint density at radius 1 is 0.915 bits per heavy atom. The minimum atomic E-state index is -4.62. The van der Waals surface area contributed by atoms with Gasteiger partial charge in [-0.3, -0.25) is 14.9 Å². The first kappa shape index (κ1) is 35.8. The predicted molar refractivity (Wildman–Crippen MR) is 177 cm³/mol. The largest absolute Gasteiger partial charge is 0.461 e. The molecule has 1 saturated heterocycles. The molecule has 3 atom stereocenters. The summed E-state index contributed by atoms with van der Waals surface area (Å²) in [5, 5.41) is 8.85. The van der Waals surface area contributed by atoms with E-state index in [0.717, 1.165) is 30.0 Å². The van der Waals surface area contributed by atoms with Crippen LogP contribution in [0.25, 0.3) is 0 Å². The quantitative estimate of drug-likeness (QED) is 0.157. The first-order valence-corrected chi connectivity index (χ1v) is 16.1. The Morgan fingerprint density at radius 3 is 2.17 bits per heavy atom. The van der Waals surface area contributed by atoms with Crippen LogP contribution < -0.4 is 20.9 Å². The minimum Gasteiger partial charge on any atom is -0.461 e. The molecular weight excluding hydrogens is 609 g/mol. The average molecular weight is 655 g/mol. The maximum atomic E-state index is 14.2. The van der Waals surface area contributed by atoms with Crippen molar-refractivity contribution in [2.24, 2.45) is 5.92 Å². The number of alkyl halides is 3. The van der Waals surface area contributed by atoms with Crippen LogP contribution in [0, 0.1) is 5.92 Å². The van der Waals surface area contributed by atoms with Crippen LogP contribution in [0.4, 0.5) is 24.5 Å². The third-order valence-corrected chi connectivity index (χ3v) is 7.93.